The molecule has 4 heteroatoms. The zero-order chi connectivity index (χ0) is 13.0. The quantitative estimate of drug-likeness (QED) is 0.881. The summed E-state index contributed by atoms with van der Waals surface area (Å²) in [4.78, 5) is 0. The Labute approximate surface area is 107 Å². The van der Waals surface area contributed by atoms with Crippen LogP contribution in [0.15, 0.2) is 30.5 Å². The van der Waals surface area contributed by atoms with Crippen molar-refractivity contribution >= 4 is 0 Å². The van der Waals surface area contributed by atoms with E-state index in [4.69, 9.17) is 10.5 Å². The van der Waals surface area contributed by atoms with Crippen LogP contribution in [-0.2, 0) is 6.54 Å². The van der Waals surface area contributed by atoms with Crippen molar-refractivity contribution in [3.63, 3.8) is 0 Å². The summed E-state index contributed by atoms with van der Waals surface area (Å²) in [7, 11) is 0. The number of benzene rings is 1. The highest BCUT2D eigenvalue weighted by Crippen LogP contribution is 2.27. The minimum absolute atomic E-state index is 0.674. The maximum atomic E-state index is 5.89. The number of para-hydroxylation sites is 1. The molecular formula is C14H19N3O. The average Bonchev–Trinajstić information content (AvgIpc) is 2.71. The summed E-state index contributed by atoms with van der Waals surface area (Å²) >= 11 is 0. The van der Waals surface area contributed by atoms with Crippen molar-refractivity contribution in [3.8, 4) is 11.5 Å². The molecule has 0 aliphatic heterocycles. The normalized spacial score (nSPS) is 10.6. The predicted molar refractivity (Wildman–Crippen MR) is 71.9 cm³/mol. The van der Waals surface area contributed by atoms with Crippen LogP contribution >= 0.6 is 0 Å². The molecule has 0 saturated heterocycles. The number of nitrogens with two attached hydrogens (primary N) is 1. The third-order valence-corrected chi connectivity index (χ3v) is 2.95. The van der Waals surface area contributed by atoms with Crippen LogP contribution in [-0.4, -0.2) is 16.3 Å². The van der Waals surface area contributed by atoms with Crippen molar-refractivity contribution in [1.82, 2.24) is 9.78 Å². The smallest absolute Gasteiger partial charge is 0.168 e. The van der Waals surface area contributed by atoms with Gasteiger partial charge in [-0.05, 0) is 38.4 Å². The third-order valence-electron chi connectivity index (χ3n) is 2.95. The van der Waals surface area contributed by atoms with Gasteiger partial charge in [0.05, 0.1) is 11.9 Å². The Kier molecular flexibility index (Phi) is 3.99. The van der Waals surface area contributed by atoms with Gasteiger partial charge in [-0.2, -0.15) is 5.10 Å². The molecule has 96 valence electrons. The van der Waals surface area contributed by atoms with Gasteiger partial charge in [0.15, 0.2) is 5.75 Å². The molecule has 0 fully saturated rings. The first-order valence-corrected chi connectivity index (χ1v) is 6.18. The van der Waals surface area contributed by atoms with Crippen LogP contribution in [0.5, 0.6) is 11.5 Å². The van der Waals surface area contributed by atoms with Crippen molar-refractivity contribution < 1.29 is 4.74 Å². The van der Waals surface area contributed by atoms with Crippen LogP contribution in [0.2, 0.25) is 0 Å². The molecule has 2 N–H and O–H groups in total. The molecule has 1 heterocycles. The van der Waals surface area contributed by atoms with E-state index < -0.39 is 0 Å². The van der Waals surface area contributed by atoms with Gasteiger partial charge in [0, 0.05) is 6.54 Å². The van der Waals surface area contributed by atoms with Crippen molar-refractivity contribution in [2.45, 2.75) is 26.8 Å². The second-order valence-electron chi connectivity index (χ2n) is 4.33. The summed E-state index contributed by atoms with van der Waals surface area (Å²) in [6.45, 7) is 5.55. The Hall–Kier alpha value is -1.81. The minimum Gasteiger partial charge on any atom is -0.454 e. The van der Waals surface area contributed by atoms with Gasteiger partial charge in [-0.15, -0.1) is 0 Å². The van der Waals surface area contributed by atoms with Gasteiger partial charge in [0.1, 0.15) is 5.75 Å². The van der Waals surface area contributed by atoms with Crippen LogP contribution in [0.25, 0.3) is 0 Å². The SMILES string of the molecule is Cc1ccccc1Oc1cnn(CCCN)c1C. The average molecular weight is 245 g/mol. The first-order valence-electron chi connectivity index (χ1n) is 6.18. The molecule has 0 atom stereocenters. The number of aromatic nitrogens is 2. The topological polar surface area (TPSA) is 53.1 Å². The van der Waals surface area contributed by atoms with E-state index in [0.717, 1.165) is 35.7 Å². The second-order valence-corrected chi connectivity index (χ2v) is 4.33. The summed E-state index contributed by atoms with van der Waals surface area (Å²) in [5.41, 5.74) is 7.66. The molecule has 0 aliphatic carbocycles. The zero-order valence-corrected chi connectivity index (χ0v) is 10.9. The second kappa shape index (κ2) is 5.69. The lowest BCUT2D eigenvalue weighted by atomic mass is 10.2. The number of hydrogen-bond acceptors (Lipinski definition) is 3. The van der Waals surface area contributed by atoms with Gasteiger partial charge in [-0.25, -0.2) is 0 Å². The summed E-state index contributed by atoms with van der Waals surface area (Å²) in [6, 6.07) is 7.96. The maximum Gasteiger partial charge on any atom is 0.168 e. The lowest BCUT2D eigenvalue weighted by Gasteiger charge is -2.08. The molecule has 18 heavy (non-hydrogen) atoms. The van der Waals surface area contributed by atoms with Gasteiger partial charge >= 0.3 is 0 Å². The number of aryl methyl sites for hydroxylation is 2. The molecule has 0 bridgehead atoms. The first-order chi connectivity index (χ1) is 8.72. The number of hydrogen-bond donors (Lipinski definition) is 1. The Balaban J connectivity index is 2.15. The highest BCUT2D eigenvalue weighted by Gasteiger charge is 2.09. The maximum absolute atomic E-state index is 5.89. The fourth-order valence-corrected chi connectivity index (χ4v) is 1.79. The molecule has 0 saturated carbocycles. The fraction of sp³-hybridized carbons (Fsp3) is 0.357. The number of rotatable bonds is 5. The Bertz CT molecular complexity index is 520. The summed E-state index contributed by atoms with van der Waals surface area (Å²) in [6.07, 6.45) is 2.69. The number of nitrogens with zero attached hydrogens (tertiary/aromatic N) is 2. The van der Waals surface area contributed by atoms with Crippen molar-refractivity contribution in [1.29, 1.82) is 0 Å². The van der Waals surface area contributed by atoms with Gasteiger partial charge in [0.2, 0.25) is 0 Å². The third kappa shape index (κ3) is 2.71. The van der Waals surface area contributed by atoms with Crippen molar-refractivity contribution in [2.75, 3.05) is 6.54 Å². The predicted octanol–water partition coefficient (Wildman–Crippen LogP) is 2.64. The van der Waals surface area contributed by atoms with Crippen LogP contribution in [0.3, 0.4) is 0 Å². The fourth-order valence-electron chi connectivity index (χ4n) is 1.79. The molecule has 0 aliphatic rings. The first kappa shape index (κ1) is 12.6. The van der Waals surface area contributed by atoms with Crippen molar-refractivity contribution in [2.24, 2.45) is 5.73 Å². The number of ether oxygens (including phenoxy) is 1. The highest BCUT2D eigenvalue weighted by atomic mass is 16.5. The minimum atomic E-state index is 0.674. The molecular weight excluding hydrogens is 226 g/mol. The highest BCUT2D eigenvalue weighted by molar-refractivity contribution is 5.37. The van der Waals surface area contributed by atoms with E-state index in [-0.39, 0.29) is 0 Å². The molecule has 1 aromatic carbocycles. The van der Waals surface area contributed by atoms with Crippen LogP contribution < -0.4 is 10.5 Å². The Morgan fingerprint density at radius 2 is 2.00 bits per heavy atom. The molecule has 0 radical (unpaired) electrons. The zero-order valence-electron chi connectivity index (χ0n) is 10.9. The van der Waals surface area contributed by atoms with E-state index in [1.54, 1.807) is 6.20 Å². The molecule has 2 rings (SSSR count). The van der Waals surface area contributed by atoms with Gasteiger partial charge in [-0.3, -0.25) is 4.68 Å². The van der Waals surface area contributed by atoms with Crippen LogP contribution in [0, 0.1) is 13.8 Å². The van der Waals surface area contributed by atoms with E-state index in [9.17, 15) is 0 Å². The molecule has 1 aromatic heterocycles. The molecule has 0 spiro atoms. The van der Waals surface area contributed by atoms with Crippen molar-refractivity contribution in [3.05, 3.63) is 41.7 Å². The molecule has 4 nitrogen and oxygen atoms in total. The summed E-state index contributed by atoms with van der Waals surface area (Å²) in [5.74, 6) is 1.68. The lowest BCUT2D eigenvalue weighted by Crippen LogP contribution is -2.08. The standard InChI is InChI=1S/C14H19N3O/c1-11-6-3-4-7-13(11)18-14-10-16-17(12(14)2)9-5-8-15/h3-4,6-7,10H,5,8-9,15H2,1-2H3. The van der Waals surface area contributed by atoms with Crippen LogP contribution in [0.4, 0.5) is 0 Å². The van der Waals surface area contributed by atoms with Gasteiger partial charge in [0.25, 0.3) is 0 Å². The van der Waals surface area contributed by atoms with E-state index in [2.05, 4.69) is 5.10 Å². The largest absolute Gasteiger partial charge is 0.454 e. The summed E-state index contributed by atoms with van der Waals surface area (Å²) < 4.78 is 7.82. The molecule has 0 unspecified atom stereocenters. The Morgan fingerprint density at radius 3 is 2.72 bits per heavy atom. The Morgan fingerprint density at radius 1 is 1.22 bits per heavy atom. The van der Waals surface area contributed by atoms with Crippen LogP contribution in [0.1, 0.15) is 17.7 Å². The van der Waals surface area contributed by atoms with E-state index >= 15 is 0 Å². The van der Waals surface area contributed by atoms with E-state index in [1.165, 1.54) is 0 Å². The molecule has 0 amide bonds. The monoisotopic (exact) mass is 245 g/mol. The van der Waals surface area contributed by atoms with Gasteiger partial charge in [-0.1, -0.05) is 18.2 Å². The van der Waals surface area contributed by atoms with E-state index in [0.29, 0.717) is 6.54 Å². The lowest BCUT2D eigenvalue weighted by molar-refractivity contribution is 0.470. The molecule has 2 aromatic rings. The van der Waals surface area contributed by atoms with E-state index in [1.807, 2.05) is 42.8 Å². The summed E-state index contributed by atoms with van der Waals surface area (Å²) in [5, 5.41) is 4.32. The van der Waals surface area contributed by atoms with Gasteiger partial charge < -0.3 is 10.5 Å².